The largest absolute Gasteiger partial charge is 0.457 e. The first kappa shape index (κ1) is 9.31. The van der Waals surface area contributed by atoms with Gasteiger partial charge in [0.05, 0.1) is 6.61 Å². The van der Waals surface area contributed by atoms with Crippen LogP contribution in [0.3, 0.4) is 0 Å². The third kappa shape index (κ3) is 7.31. The Morgan fingerprint density at radius 2 is 2.10 bits per heavy atom. The Bertz CT molecular complexity index is 139. The second-order valence-corrected chi connectivity index (χ2v) is 1.35. The lowest BCUT2D eigenvalue weighted by molar-refractivity contribution is -0.0698. The van der Waals surface area contributed by atoms with Crippen LogP contribution < -0.4 is 0 Å². The van der Waals surface area contributed by atoms with Gasteiger partial charge < -0.3 is 4.74 Å². The number of alkyl halides is 3. The van der Waals surface area contributed by atoms with E-state index in [0.717, 1.165) is 5.92 Å². The van der Waals surface area contributed by atoms with E-state index < -0.39 is 6.18 Å². The summed E-state index contributed by atoms with van der Waals surface area (Å²) in [5.74, 6) is 2.86. The Kier molecular flexibility index (Phi) is 3.89. The number of rotatable bonds is 2. The maximum Gasteiger partial charge on any atom is 0.457 e. The Morgan fingerprint density at radius 3 is 2.50 bits per heavy atom. The number of ether oxygens (including phenoxy) is 1. The summed E-state index contributed by atoms with van der Waals surface area (Å²) in [5.41, 5.74) is 0. The number of hydrogen-bond donors (Lipinski definition) is 0. The molecule has 0 saturated carbocycles. The van der Waals surface area contributed by atoms with Crippen LogP contribution in [0.1, 0.15) is 6.92 Å². The van der Waals surface area contributed by atoms with Crippen LogP contribution in [0.15, 0.2) is 0 Å². The van der Waals surface area contributed by atoms with Crippen molar-refractivity contribution < 1.29 is 17.9 Å². The summed E-state index contributed by atoms with van der Waals surface area (Å²) in [4.78, 5) is 0. The second-order valence-electron chi connectivity index (χ2n) is 1.35. The molecule has 1 radical (unpaired) electrons. The van der Waals surface area contributed by atoms with Crippen molar-refractivity contribution in [3.63, 3.8) is 0 Å². The number of halogens is 3. The van der Waals surface area contributed by atoms with Gasteiger partial charge in [-0.15, -0.1) is 0 Å². The molecule has 0 heterocycles. The molecule has 0 rings (SSSR count). The molecule has 0 N–H and O–H groups in total. The molecular formula is C6H6F3O. The summed E-state index contributed by atoms with van der Waals surface area (Å²) in [7, 11) is 0. The Labute approximate surface area is 57.2 Å². The molecule has 0 aliphatic heterocycles. The Balaban J connectivity index is 3.50. The van der Waals surface area contributed by atoms with Crippen molar-refractivity contribution in [2.75, 3.05) is 6.61 Å². The minimum Gasteiger partial charge on any atom is -0.363 e. The highest BCUT2D eigenvalue weighted by atomic mass is 19.4. The lowest BCUT2D eigenvalue weighted by Crippen LogP contribution is -2.02. The van der Waals surface area contributed by atoms with Gasteiger partial charge in [0.15, 0.2) is 0 Å². The molecule has 0 aromatic rings. The van der Waals surface area contributed by atoms with Gasteiger partial charge in [0, 0.05) is 5.92 Å². The first-order valence-corrected chi connectivity index (χ1v) is 2.52. The maximum absolute atomic E-state index is 11.2. The van der Waals surface area contributed by atoms with E-state index in [4.69, 9.17) is 0 Å². The van der Waals surface area contributed by atoms with Crippen LogP contribution in [0.4, 0.5) is 13.2 Å². The molecule has 0 atom stereocenters. The molecule has 0 amide bonds. The lowest BCUT2D eigenvalue weighted by Gasteiger charge is -1.92. The van der Waals surface area contributed by atoms with E-state index in [2.05, 4.69) is 4.74 Å². The van der Waals surface area contributed by atoms with Crippen LogP contribution in [0.2, 0.25) is 0 Å². The van der Waals surface area contributed by atoms with E-state index in [0.29, 0.717) is 0 Å². The third-order valence-electron chi connectivity index (χ3n) is 0.552. The van der Waals surface area contributed by atoms with Crippen molar-refractivity contribution in [2.24, 2.45) is 0 Å². The average Bonchev–Trinajstić information content (AvgIpc) is 1.78. The van der Waals surface area contributed by atoms with Crippen molar-refractivity contribution in [3.8, 4) is 11.8 Å². The molecule has 0 fully saturated rings. The molecule has 0 saturated heterocycles. The molecule has 0 unspecified atom stereocenters. The smallest absolute Gasteiger partial charge is 0.363 e. The van der Waals surface area contributed by atoms with Crippen LogP contribution in [0.25, 0.3) is 0 Å². The van der Waals surface area contributed by atoms with Gasteiger partial charge in [-0.3, -0.25) is 0 Å². The molecule has 0 aliphatic rings. The summed E-state index contributed by atoms with van der Waals surface area (Å²) in [6, 6.07) is 0. The van der Waals surface area contributed by atoms with Gasteiger partial charge in [0.2, 0.25) is 0 Å². The van der Waals surface area contributed by atoms with E-state index in [9.17, 15) is 13.2 Å². The molecule has 10 heavy (non-hydrogen) atoms. The summed E-state index contributed by atoms with van der Waals surface area (Å²) in [5, 5.41) is 0. The predicted octanol–water partition coefficient (Wildman–Crippen LogP) is 1.75. The van der Waals surface area contributed by atoms with Gasteiger partial charge >= 0.3 is 6.18 Å². The SMILES string of the molecule is C[CH]OCC#CC(F)(F)F. The van der Waals surface area contributed by atoms with Crippen molar-refractivity contribution in [1.29, 1.82) is 0 Å². The van der Waals surface area contributed by atoms with Gasteiger partial charge in [0.1, 0.15) is 6.61 Å². The summed E-state index contributed by atoms with van der Waals surface area (Å²) < 4.78 is 38.2. The molecule has 0 aromatic carbocycles. The van der Waals surface area contributed by atoms with E-state index in [-0.39, 0.29) is 6.61 Å². The van der Waals surface area contributed by atoms with Crippen molar-refractivity contribution in [1.82, 2.24) is 0 Å². The molecular weight excluding hydrogens is 145 g/mol. The van der Waals surface area contributed by atoms with E-state index in [1.165, 1.54) is 6.61 Å². The first-order valence-electron chi connectivity index (χ1n) is 2.52. The fraction of sp³-hybridized carbons (Fsp3) is 0.500. The second kappa shape index (κ2) is 4.18. The Hall–Kier alpha value is -0.690. The molecule has 0 aliphatic carbocycles. The van der Waals surface area contributed by atoms with Crippen LogP contribution >= 0.6 is 0 Å². The summed E-state index contributed by atoms with van der Waals surface area (Å²) in [6.45, 7) is 2.64. The van der Waals surface area contributed by atoms with E-state index in [1.54, 1.807) is 12.8 Å². The molecule has 0 aromatic heterocycles. The van der Waals surface area contributed by atoms with Gasteiger partial charge in [-0.25, -0.2) is 0 Å². The van der Waals surface area contributed by atoms with Crippen LogP contribution in [-0.4, -0.2) is 12.8 Å². The quantitative estimate of drug-likeness (QED) is 0.431. The zero-order valence-corrected chi connectivity index (χ0v) is 5.33. The van der Waals surface area contributed by atoms with Crippen molar-refractivity contribution in [3.05, 3.63) is 6.61 Å². The fourth-order valence-electron chi connectivity index (χ4n) is 0.261. The zero-order valence-electron chi connectivity index (χ0n) is 5.33. The topological polar surface area (TPSA) is 9.23 Å². The molecule has 57 valence electrons. The van der Waals surface area contributed by atoms with Crippen molar-refractivity contribution >= 4 is 0 Å². The summed E-state index contributed by atoms with van der Waals surface area (Å²) >= 11 is 0. The minimum atomic E-state index is -4.41. The van der Waals surface area contributed by atoms with Crippen LogP contribution in [0.5, 0.6) is 0 Å². The van der Waals surface area contributed by atoms with E-state index in [1.807, 2.05) is 0 Å². The maximum atomic E-state index is 11.2. The normalized spacial score (nSPS) is 10.4. The average molecular weight is 151 g/mol. The molecule has 0 bridgehead atoms. The molecule has 0 spiro atoms. The summed E-state index contributed by atoms with van der Waals surface area (Å²) in [6.07, 6.45) is -4.41. The predicted molar refractivity (Wildman–Crippen MR) is 29.8 cm³/mol. The third-order valence-corrected chi connectivity index (χ3v) is 0.552. The van der Waals surface area contributed by atoms with E-state index >= 15 is 0 Å². The lowest BCUT2D eigenvalue weighted by atomic mass is 10.6. The highest BCUT2D eigenvalue weighted by molar-refractivity contribution is 5.05. The van der Waals surface area contributed by atoms with Crippen LogP contribution in [0, 0.1) is 18.4 Å². The van der Waals surface area contributed by atoms with Gasteiger partial charge in [-0.2, -0.15) is 13.2 Å². The molecule has 4 heteroatoms. The zero-order chi connectivity index (χ0) is 8.04. The Morgan fingerprint density at radius 1 is 1.50 bits per heavy atom. The van der Waals surface area contributed by atoms with Gasteiger partial charge in [-0.05, 0) is 6.92 Å². The first-order chi connectivity index (χ1) is 4.56. The number of hydrogen-bond acceptors (Lipinski definition) is 1. The highest BCUT2D eigenvalue weighted by Crippen LogP contribution is 2.11. The van der Waals surface area contributed by atoms with Crippen LogP contribution in [-0.2, 0) is 4.74 Å². The highest BCUT2D eigenvalue weighted by Gasteiger charge is 2.22. The van der Waals surface area contributed by atoms with Gasteiger partial charge in [-0.1, -0.05) is 5.92 Å². The van der Waals surface area contributed by atoms with Crippen molar-refractivity contribution in [2.45, 2.75) is 13.1 Å². The molecule has 1 nitrogen and oxygen atoms in total. The minimum absolute atomic E-state index is 0.212. The standard InChI is InChI=1S/C6H6F3O/c1-2-10-5-3-4-6(7,8)9/h2H,5H2,1H3. The monoisotopic (exact) mass is 151 g/mol. The fourth-order valence-corrected chi connectivity index (χ4v) is 0.261. The van der Waals surface area contributed by atoms with Gasteiger partial charge in [0.25, 0.3) is 0 Å².